The van der Waals surface area contributed by atoms with Crippen LogP contribution in [0.25, 0.3) is 32.4 Å². The van der Waals surface area contributed by atoms with Crippen LogP contribution in [0.4, 0.5) is 0 Å². The number of methoxy groups -OCH3 is 1. The van der Waals surface area contributed by atoms with E-state index in [-0.39, 0.29) is 18.4 Å². The van der Waals surface area contributed by atoms with Gasteiger partial charge in [-0.15, -0.1) is 6.58 Å². The molecule has 1 N–H and O–H groups in total. The van der Waals surface area contributed by atoms with Gasteiger partial charge >= 0.3 is 0 Å². The predicted octanol–water partition coefficient (Wildman–Crippen LogP) is 4.20. The van der Waals surface area contributed by atoms with Crippen molar-refractivity contribution in [3.63, 3.8) is 0 Å². The quantitative estimate of drug-likeness (QED) is 0.196. The van der Waals surface area contributed by atoms with Gasteiger partial charge in [-0.3, -0.25) is 4.98 Å². The largest absolute Gasteiger partial charge is 1.00 e. The number of pyridine rings is 1. The lowest BCUT2D eigenvalue weighted by Crippen LogP contribution is -3.00. The van der Waals surface area contributed by atoms with Gasteiger partial charge in [0.05, 0.1) is 25.7 Å². The second-order valence-electron chi connectivity index (χ2n) is 11.6. The first-order valence-corrected chi connectivity index (χ1v) is 14.1. The molecule has 0 aliphatic carbocycles. The molecular weight excluding hydrogens is 516 g/mol. The first-order valence-electron chi connectivity index (χ1n) is 14.1. The highest BCUT2D eigenvalue weighted by Gasteiger charge is 2.54. The molecule has 4 heterocycles. The molecule has 4 unspecified atom stereocenters. The number of quaternary nitrogens is 1. The molecule has 0 radical (unpaired) electrons. The monoisotopic (exact) mass is 550 g/mol. The zero-order valence-corrected chi connectivity index (χ0v) is 23.6. The van der Waals surface area contributed by atoms with Crippen molar-refractivity contribution in [3.8, 4) is 5.75 Å². The van der Waals surface area contributed by atoms with Gasteiger partial charge < -0.3 is 26.7 Å². The van der Waals surface area contributed by atoms with E-state index in [1.807, 2.05) is 30.5 Å². The molecule has 3 aliphatic rings. The molecule has 4 nitrogen and oxygen atoms in total. The van der Waals surface area contributed by atoms with Crippen LogP contribution in [0.3, 0.4) is 0 Å². The summed E-state index contributed by atoms with van der Waals surface area (Å²) in [5, 5.41) is 18.4. The first-order chi connectivity index (χ1) is 19.1. The number of nitrogens with zero attached hydrogens (tertiary/aromatic N) is 2. The number of rotatable bonds is 6. The van der Waals surface area contributed by atoms with Crippen molar-refractivity contribution in [1.29, 1.82) is 0 Å². The van der Waals surface area contributed by atoms with E-state index in [2.05, 4.69) is 72.2 Å². The maximum Gasteiger partial charge on any atom is 0.131 e. The molecule has 40 heavy (non-hydrogen) atoms. The molecule has 0 saturated carbocycles. The molecule has 0 spiro atoms. The van der Waals surface area contributed by atoms with Crippen molar-refractivity contribution in [2.24, 2.45) is 11.8 Å². The van der Waals surface area contributed by atoms with Crippen molar-refractivity contribution in [1.82, 2.24) is 4.98 Å². The van der Waals surface area contributed by atoms with Crippen molar-refractivity contribution < 1.29 is 26.7 Å². The molecule has 5 aromatic rings. The Balaban J connectivity index is 0.00000289. The molecule has 5 atom stereocenters. The van der Waals surface area contributed by atoms with Crippen molar-refractivity contribution in [2.45, 2.75) is 31.5 Å². The van der Waals surface area contributed by atoms with Gasteiger partial charge in [0.25, 0.3) is 0 Å². The van der Waals surface area contributed by atoms with Crippen LogP contribution < -0.4 is 17.1 Å². The fourth-order valence-corrected chi connectivity index (χ4v) is 7.71. The van der Waals surface area contributed by atoms with E-state index in [1.54, 1.807) is 7.11 Å². The maximum absolute atomic E-state index is 12.2. The van der Waals surface area contributed by atoms with Gasteiger partial charge in [-0.2, -0.15) is 0 Å². The van der Waals surface area contributed by atoms with Gasteiger partial charge in [0.2, 0.25) is 0 Å². The number of benzene rings is 4. The molecule has 3 aliphatic heterocycles. The highest BCUT2D eigenvalue weighted by molar-refractivity contribution is 6.02. The minimum Gasteiger partial charge on any atom is -1.00 e. The average Bonchev–Trinajstić information content (AvgIpc) is 3.00. The van der Waals surface area contributed by atoms with Crippen LogP contribution in [0.2, 0.25) is 0 Å². The standard InChI is InChI=1S/C35H35N2O2.ClH/c1-3-23-21-37(22-32-28-10-6-4-8-25(28)18-26-9-5-7-11-29(26)32)17-15-24(23)19-34(37)35(38)30-14-16-36-33-13-12-27(39-2)20-31(30)33;/h3-14,16,18,20,23-24,34-35,38H,1,15,17,19,21-22H2,2H3;1H/q+1;/p-1/t23?,24?,34?,35-,37?;/m1./s1. The van der Waals surface area contributed by atoms with E-state index in [9.17, 15) is 5.11 Å². The Labute approximate surface area is 241 Å². The number of hydrogen-bond acceptors (Lipinski definition) is 3. The second kappa shape index (κ2) is 10.5. The minimum atomic E-state index is -0.600. The van der Waals surface area contributed by atoms with E-state index in [0.29, 0.717) is 11.8 Å². The Morgan fingerprint density at radius 1 is 1.00 bits per heavy atom. The molecule has 2 bridgehead atoms. The molecule has 5 heteroatoms. The molecule has 3 fully saturated rings. The summed E-state index contributed by atoms with van der Waals surface area (Å²) in [5.74, 6) is 1.82. The van der Waals surface area contributed by atoms with Crippen LogP contribution in [-0.2, 0) is 6.54 Å². The average molecular weight is 551 g/mol. The summed E-state index contributed by atoms with van der Waals surface area (Å²) in [7, 11) is 1.68. The second-order valence-corrected chi connectivity index (χ2v) is 11.6. The van der Waals surface area contributed by atoms with Gasteiger partial charge in [0.15, 0.2) is 0 Å². The van der Waals surface area contributed by atoms with E-state index >= 15 is 0 Å². The van der Waals surface area contributed by atoms with Gasteiger partial charge in [-0.05, 0) is 63.4 Å². The van der Waals surface area contributed by atoms with Crippen LogP contribution >= 0.6 is 0 Å². The summed E-state index contributed by atoms with van der Waals surface area (Å²) in [5.41, 5.74) is 3.23. The zero-order chi connectivity index (χ0) is 26.6. The molecule has 1 aromatic heterocycles. The van der Waals surface area contributed by atoms with Crippen molar-refractivity contribution >= 4 is 32.4 Å². The van der Waals surface area contributed by atoms with Gasteiger partial charge in [-0.1, -0.05) is 54.6 Å². The third kappa shape index (κ3) is 4.26. The number of halogens is 1. The lowest BCUT2D eigenvalue weighted by atomic mass is 9.71. The number of piperidine rings is 3. The smallest absolute Gasteiger partial charge is 0.131 e. The SMILES string of the molecule is C=CC1C[N+]2(Cc3c4ccccc4cc4ccccc34)CCC1CC2[C@H](O)c1ccnc2ccc(OC)cc12.[Cl-]. The molecule has 0 amide bonds. The third-order valence-corrected chi connectivity index (χ3v) is 9.70. The van der Waals surface area contributed by atoms with Gasteiger partial charge in [0.1, 0.15) is 24.4 Å². The Morgan fingerprint density at radius 3 is 2.42 bits per heavy atom. The van der Waals surface area contributed by atoms with Crippen molar-refractivity contribution in [3.05, 3.63) is 109 Å². The Morgan fingerprint density at radius 2 is 1.73 bits per heavy atom. The van der Waals surface area contributed by atoms with E-state index < -0.39 is 6.10 Å². The van der Waals surface area contributed by atoms with E-state index in [0.717, 1.165) is 52.8 Å². The third-order valence-electron chi connectivity index (χ3n) is 9.70. The Hall–Kier alpha value is -3.44. The zero-order valence-electron chi connectivity index (χ0n) is 22.8. The number of aromatic nitrogens is 1. The topological polar surface area (TPSA) is 42.4 Å². The summed E-state index contributed by atoms with van der Waals surface area (Å²) < 4.78 is 6.41. The molecule has 4 aromatic carbocycles. The predicted molar refractivity (Wildman–Crippen MR) is 159 cm³/mol. The number of fused-ring (bicyclic) bond motifs is 6. The maximum atomic E-state index is 12.2. The van der Waals surface area contributed by atoms with Gasteiger partial charge in [-0.25, -0.2) is 0 Å². The van der Waals surface area contributed by atoms with Crippen LogP contribution in [0.5, 0.6) is 5.75 Å². The lowest BCUT2D eigenvalue weighted by molar-refractivity contribution is -0.984. The molecule has 3 saturated heterocycles. The van der Waals surface area contributed by atoms with Crippen LogP contribution in [-0.4, -0.2) is 40.8 Å². The van der Waals surface area contributed by atoms with Crippen LogP contribution in [0.15, 0.2) is 97.7 Å². The highest BCUT2D eigenvalue weighted by Crippen LogP contribution is 2.49. The normalized spacial score (nSPS) is 24.6. The Kier molecular flexibility index (Phi) is 7.03. The summed E-state index contributed by atoms with van der Waals surface area (Å²) in [6, 6.07) is 27.9. The molecule has 8 rings (SSSR count). The number of hydrogen-bond donors (Lipinski definition) is 1. The number of ether oxygens (including phenoxy) is 1. The summed E-state index contributed by atoms with van der Waals surface area (Å²) in [6.07, 6.45) is 5.58. The number of aliphatic hydroxyl groups is 1. The highest BCUT2D eigenvalue weighted by atomic mass is 35.5. The van der Waals surface area contributed by atoms with Crippen LogP contribution in [0.1, 0.15) is 30.1 Å². The fraction of sp³-hybridized carbons (Fsp3) is 0.286. The lowest BCUT2D eigenvalue weighted by Gasteiger charge is -2.58. The minimum absolute atomic E-state index is 0. The van der Waals surface area contributed by atoms with Crippen molar-refractivity contribution in [2.75, 3.05) is 20.2 Å². The summed E-state index contributed by atoms with van der Waals surface area (Å²) in [6.45, 7) is 7.21. The fourth-order valence-electron chi connectivity index (χ4n) is 7.71. The Bertz CT molecular complexity index is 1660. The first kappa shape index (κ1) is 26.8. The molecular formula is C35H35ClN2O2. The summed E-state index contributed by atoms with van der Waals surface area (Å²) in [4.78, 5) is 4.59. The number of aliphatic hydroxyl groups excluding tert-OH is 1. The summed E-state index contributed by atoms with van der Waals surface area (Å²) >= 11 is 0. The molecule has 204 valence electrons. The van der Waals surface area contributed by atoms with E-state index in [1.165, 1.54) is 33.5 Å². The van der Waals surface area contributed by atoms with Gasteiger partial charge in [0, 0.05) is 35.9 Å². The van der Waals surface area contributed by atoms with E-state index in [4.69, 9.17) is 4.74 Å². The van der Waals surface area contributed by atoms with Crippen LogP contribution in [0, 0.1) is 11.8 Å².